The topological polar surface area (TPSA) is 68.8 Å². The van der Waals surface area contributed by atoms with Gasteiger partial charge < -0.3 is 20.9 Å². The van der Waals surface area contributed by atoms with Crippen molar-refractivity contribution in [3.05, 3.63) is 64.7 Å². The average molecular weight is 509 g/mol. The van der Waals surface area contributed by atoms with Crippen molar-refractivity contribution in [3.8, 4) is 0 Å². The fraction of sp³-hybridized carbons (Fsp3) is 0.364. The third-order valence-corrected chi connectivity index (χ3v) is 4.51. The lowest BCUT2D eigenvalue weighted by atomic mass is 10.1. The molecule has 0 aliphatic heterocycles. The molecule has 0 radical (unpaired) electrons. The van der Waals surface area contributed by atoms with Crippen molar-refractivity contribution in [2.24, 2.45) is 4.99 Å². The van der Waals surface area contributed by atoms with E-state index in [-0.39, 0.29) is 29.9 Å². The molecule has 2 rings (SSSR count). The molecule has 0 aliphatic carbocycles. The van der Waals surface area contributed by atoms with Crippen LogP contribution in [0.4, 0.5) is 5.69 Å². The highest BCUT2D eigenvalue weighted by Gasteiger charge is 2.07. The number of amides is 1. The number of aryl methyl sites for hydroxylation is 1. The second kappa shape index (κ2) is 12.3. The third-order valence-electron chi connectivity index (χ3n) is 4.51. The summed E-state index contributed by atoms with van der Waals surface area (Å²) in [7, 11) is 7.52. The number of halogens is 1. The molecule has 0 atom stereocenters. The molecule has 158 valence electrons. The highest BCUT2D eigenvalue weighted by Crippen LogP contribution is 2.20. The predicted molar refractivity (Wildman–Crippen MR) is 133 cm³/mol. The number of nitrogens with zero attached hydrogens (tertiary/aromatic N) is 2. The summed E-state index contributed by atoms with van der Waals surface area (Å²) < 4.78 is 0. The first kappa shape index (κ1) is 24.7. The molecule has 0 saturated carbocycles. The lowest BCUT2D eigenvalue weighted by molar-refractivity contribution is 0.0963. The smallest absolute Gasteiger partial charge is 0.251 e. The van der Waals surface area contributed by atoms with Gasteiger partial charge in [-0.3, -0.25) is 9.79 Å². The molecular weight excluding hydrogens is 477 g/mol. The summed E-state index contributed by atoms with van der Waals surface area (Å²) in [5.41, 5.74) is 5.45. The summed E-state index contributed by atoms with van der Waals surface area (Å²) in [6, 6.07) is 14.1. The van der Waals surface area contributed by atoms with Crippen LogP contribution in [0.3, 0.4) is 0 Å². The number of hydrogen-bond acceptors (Lipinski definition) is 3. The molecule has 0 saturated heterocycles. The molecule has 0 aliphatic rings. The predicted octanol–water partition coefficient (Wildman–Crippen LogP) is 2.95. The Morgan fingerprint density at radius 2 is 1.86 bits per heavy atom. The molecule has 0 bridgehead atoms. The SMILES string of the molecule is CN=C(NCCc1cccc(C(=O)NC)c1)NCc1ccc(C)cc1N(C)C.I. The normalized spacial score (nSPS) is 10.7. The second-order valence-electron chi connectivity index (χ2n) is 6.91. The number of benzene rings is 2. The van der Waals surface area contributed by atoms with Gasteiger partial charge in [0.05, 0.1) is 0 Å². The molecule has 6 nitrogen and oxygen atoms in total. The molecule has 29 heavy (non-hydrogen) atoms. The van der Waals surface area contributed by atoms with E-state index in [0.29, 0.717) is 12.1 Å². The van der Waals surface area contributed by atoms with Gasteiger partial charge in [-0.05, 0) is 48.2 Å². The first-order valence-corrected chi connectivity index (χ1v) is 9.47. The van der Waals surface area contributed by atoms with Crippen LogP contribution in [0.5, 0.6) is 0 Å². The van der Waals surface area contributed by atoms with E-state index in [4.69, 9.17) is 0 Å². The van der Waals surface area contributed by atoms with Crippen molar-refractivity contribution in [1.29, 1.82) is 0 Å². The molecule has 1 amide bonds. The fourth-order valence-corrected chi connectivity index (χ4v) is 2.98. The number of carbonyl (C=O) groups excluding carboxylic acids is 1. The summed E-state index contributed by atoms with van der Waals surface area (Å²) in [5.74, 6) is 0.690. The minimum atomic E-state index is -0.0675. The highest BCUT2D eigenvalue weighted by atomic mass is 127. The van der Waals surface area contributed by atoms with Crippen LogP contribution >= 0.6 is 24.0 Å². The summed E-state index contributed by atoms with van der Waals surface area (Å²) in [4.78, 5) is 18.2. The van der Waals surface area contributed by atoms with Crippen LogP contribution in [0.15, 0.2) is 47.5 Å². The molecular formula is C22H32IN5O. The van der Waals surface area contributed by atoms with E-state index in [0.717, 1.165) is 24.5 Å². The van der Waals surface area contributed by atoms with Gasteiger partial charge in [0.25, 0.3) is 5.91 Å². The number of guanidine groups is 1. The van der Waals surface area contributed by atoms with E-state index in [1.165, 1.54) is 16.8 Å². The zero-order valence-electron chi connectivity index (χ0n) is 17.9. The first-order valence-electron chi connectivity index (χ1n) is 9.47. The zero-order valence-corrected chi connectivity index (χ0v) is 20.2. The van der Waals surface area contributed by atoms with Gasteiger partial charge in [-0.1, -0.05) is 24.3 Å². The lowest BCUT2D eigenvalue weighted by Gasteiger charge is -2.19. The van der Waals surface area contributed by atoms with E-state index in [1.807, 2.05) is 24.3 Å². The maximum absolute atomic E-state index is 11.8. The van der Waals surface area contributed by atoms with Gasteiger partial charge in [-0.15, -0.1) is 24.0 Å². The van der Waals surface area contributed by atoms with Crippen LogP contribution in [-0.2, 0) is 13.0 Å². The van der Waals surface area contributed by atoms with Gasteiger partial charge >= 0.3 is 0 Å². The molecule has 0 aromatic heterocycles. The van der Waals surface area contributed by atoms with E-state index in [1.54, 1.807) is 14.1 Å². The molecule has 2 aromatic rings. The van der Waals surface area contributed by atoms with Gasteiger partial charge in [-0.25, -0.2) is 0 Å². The number of nitrogens with one attached hydrogen (secondary N) is 3. The van der Waals surface area contributed by atoms with E-state index in [9.17, 15) is 4.79 Å². The first-order chi connectivity index (χ1) is 13.4. The standard InChI is InChI=1S/C22H31N5O.HI/c1-16-9-10-19(20(13-16)27(4)5)15-26-22(24-3)25-12-11-17-7-6-8-18(14-17)21(28)23-2;/h6-10,13-14H,11-12,15H2,1-5H3,(H,23,28)(H2,24,25,26);1H. The number of aliphatic imine (C=N–C) groups is 1. The van der Waals surface area contributed by atoms with Crippen LogP contribution in [0.1, 0.15) is 27.0 Å². The van der Waals surface area contributed by atoms with Gasteiger partial charge in [0.1, 0.15) is 0 Å². The number of hydrogen-bond donors (Lipinski definition) is 3. The quantitative estimate of drug-likeness (QED) is 0.305. The maximum atomic E-state index is 11.8. The van der Waals surface area contributed by atoms with Crippen molar-refractivity contribution >= 4 is 41.5 Å². The minimum absolute atomic E-state index is 0. The van der Waals surface area contributed by atoms with Crippen molar-refractivity contribution in [1.82, 2.24) is 16.0 Å². The maximum Gasteiger partial charge on any atom is 0.251 e. The molecule has 0 unspecified atom stereocenters. The van der Waals surface area contributed by atoms with E-state index >= 15 is 0 Å². The summed E-state index contributed by atoms with van der Waals surface area (Å²) in [6.07, 6.45) is 0.805. The van der Waals surface area contributed by atoms with Crippen molar-refractivity contribution in [2.45, 2.75) is 19.9 Å². The van der Waals surface area contributed by atoms with Gasteiger partial charge in [0.15, 0.2) is 5.96 Å². The lowest BCUT2D eigenvalue weighted by Crippen LogP contribution is -2.38. The van der Waals surface area contributed by atoms with Crippen LogP contribution in [-0.4, -0.2) is 46.6 Å². The Bertz CT molecular complexity index is 836. The van der Waals surface area contributed by atoms with Gasteiger partial charge in [0, 0.05) is 52.5 Å². The van der Waals surface area contributed by atoms with Crippen LogP contribution < -0.4 is 20.9 Å². The molecule has 0 spiro atoms. The van der Waals surface area contributed by atoms with Gasteiger partial charge in [-0.2, -0.15) is 0 Å². The van der Waals surface area contributed by atoms with Crippen molar-refractivity contribution in [2.75, 3.05) is 39.6 Å². The number of rotatable bonds is 7. The summed E-state index contributed by atoms with van der Waals surface area (Å²) in [5, 5.41) is 9.36. The molecule has 0 heterocycles. The Kier molecular flexibility index (Phi) is 10.5. The van der Waals surface area contributed by atoms with Crippen LogP contribution in [0, 0.1) is 6.92 Å². The Hall–Kier alpha value is -2.29. The Morgan fingerprint density at radius 1 is 1.10 bits per heavy atom. The Labute approximate surface area is 191 Å². The summed E-state index contributed by atoms with van der Waals surface area (Å²) >= 11 is 0. The molecule has 0 fully saturated rings. The molecule has 7 heteroatoms. The van der Waals surface area contributed by atoms with Crippen molar-refractivity contribution < 1.29 is 4.79 Å². The van der Waals surface area contributed by atoms with E-state index in [2.05, 4.69) is 65.1 Å². The zero-order chi connectivity index (χ0) is 20.5. The average Bonchev–Trinajstić information content (AvgIpc) is 2.70. The van der Waals surface area contributed by atoms with Crippen LogP contribution in [0.2, 0.25) is 0 Å². The fourth-order valence-electron chi connectivity index (χ4n) is 2.98. The Morgan fingerprint density at radius 3 is 2.52 bits per heavy atom. The van der Waals surface area contributed by atoms with Crippen molar-refractivity contribution in [3.63, 3.8) is 0 Å². The molecule has 2 aromatic carbocycles. The third kappa shape index (κ3) is 7.56. The Balaban J connectivity index is 0.00000420. The minimum Gasteiger partial charge on any atom is -0.377 e. The summed E-state index contributed by atoms with van der Waals surface area (Å²) in [6.45, 7) is 3.52. The molecule has 3 N–H and O–H groups in total. The van der Waals surface area contributed by atoms with Gasteiger partial charge in [0.2, 0.25) is 0 Å². The second-order valence-corrected chi connectivity index (χ2v) is 6.91. The number of anilines is 1. The largest absolute Gasteiger partial charge is 0.377 e. The van der Waals surface area contributed by atoms with Crippen LogP contribution in [0.25, 0.3) is 0 Å². The van der Waals surface area contributed by atoms with E-state index < -0.39 is 0 Å². The highest BCUT2D eigenvalue weighted by molar-refractivity contribution is 14.0. The monoisotopic (exact) mass is 509 g/mol. The number of carbonyl (C=O) groups is 1.